The second-order valence-electron chi connectivity index (χ2n) is 5.43. The first-order chi connectivity index (χ1) is 8.95. The van der Waals surface area contributed by atoms with Gasteiger partial charge in [0.1, 0.15) is 5.82 Å². The van der Waals surface area contributed by atoms with E-state index in [-0.39, 0.29) is 23.0 Å². The summed E-state index contributed by atoms with van der Waals surface area (Å²) in [6.07, 6.45) is 1.74. The molecule has 0 aromatic heterocycles. The molecule has 1 aromatic rings. The minimum atomic E-state index is -0.588. The molecule has 1 heterocycles. The molecule has 1 unspecified atom stereocenters. The van der Waals surface area contributed by atoms with E-state index < -0.39 is 5.82 Å². The maximum Gasteiger partial charge on any atom is 0.253 e. The Bertz CT molecular complexity index is 494. The summed E-state index contributed by atoms with van der Waals surface area (Å²) in [5.74, 6) is -0.801. The molecule has 2 rings (SSSR count). The molecule has 3 nitrogen and oxygen atoms in total. The zero-order valence-electron chi connectivity index (χ0n) is 10.8. The summed E-state index contributed by atoms with van der Waals surface area (Å²) in [7, 11) is 0. The molecule has 0 saturated carbocycles. The predicted octanol–water partition coefficient (Wildman–Crippen LogP) is 2.71. The summed E-state index contributed by atoms with van der Waals surface area (Å²) in [6, 6.07) is 4.08. The topological polar surface area (TPSA) is 40.5 Å². The number of carbonyl (C=O) groups is 1. The first-order valence-electron chi connectivity index (χ1n) is 6.30. The molecule has 1 aliphatic rings. The van der Waals surface area contributed by atoms with Gasteiger partial charge in [-0.05, 0) is 31.0 Å². The lowest BCUT2D eigenvalue weighted by atomic mass is 9.82. The van der Waals surface area contributed by atoms with Crippen molar-refractivity contribution >= 4 is 17.5 Å². The van der Waals surface area contributed by atoms with Gasteiger partial charge in [-0.25, -0.2) is 4.39 Å². The second kappa shape index (κ2) is 5.47. The Kier molecular flexibility index (Phi) is 4.11. The maximum absolute atomic E-state index is 13.4. The Hall–Kier alpha value is -1.13. The first kappa shape index (κ1) is 14.3. The lowest BCUT2D eigenvalue weighted by Crippen LogP contribution is -2.46. The van der Waals surface area contributed by atoms with Gasteiger partial charge < -0.3 is 10.0 Å². The summed E-state index contributed by atoms with van der Waals surface area (Å²) >= 11 is 5.61. The van der Waals surface area contributed by atoms with Crippen LogP contribution in [-0.4, -0.2) is 35.6 Å². The van der Waals surface area contributed by atoms with Crippen LogP contribution in [0.15, 0.2) is 18.2 Å². The van der Waals surface area contributed by atoms with Gasteiger partial charge in [0.2, 0.25) is 0 Å². The van der Waals surface area contributed by atoms with E-state index in [4.69, 9.17) is 11.6 Å². The number of hydrogen-bond donors (Lipinski definition) is 1. The van der Waals surface area contributed by atoms with E-state index >= 15 is 0 Å². The quantitative estimate of drug-likeness (QED) is 0.908. The zero-order valence-corrected chi connectivity index (χ0v) is 11.6. The second-order valence-corrected chi connectivity index (χ2v) is 5.84. The summed E-state index contributed by atoms with van der Waals surface area (Å²) in [5, 5.41) is 9.40. The molecule has 1 saturated heterocycles. The van der Waals surface area contributed by atoms with Crippen molar-refractivity contribution in [1.82, 2.24) is 4.90 Å². The van der Waals surface area contributed by atoms with Crippen molar-refractivity contribution in [1.29, 1.82) is 0 Å². The first-order valence-corrected chi connectivity index (χ1v) is 6.68. The molecule has 1 aromatic carbocycles. The van der Waals surface area contributed by atoms with Crippen molar-refractivity contribution in [3.63, 3.8) is 0 Å². The van der Waals surface area contributed by atoms with Crippen LogP contribution in [0.25, 0.3) is 0 Å². The van der Waals surface area contributed by atoms with Gasteiger partial charge in [0, 0.05) is 24.1 Å². The van der Waals surface area contributed by atoms with Gasteiger partial charge in [0.15, 0.2) is 0 Å². The average Bonchev–Trinajstić information content (AvgIpc) is 2.41. The number of amides is 1. The normalized spacial score (nSPS) is 23.5. The van der Waals surface area contributed by atoms with Crippen LogP contribution in [0.3, 0.4) is 0 Å². The van der Waals surface area contributed by atoms with Gasteiger partial charge in [-0.2, -0.15) is 0 Å². The van der Waals surface area contributed by atoms with Gasteiger partial charge in [0.05, 0.1) is 11.6 Å². The molecule has 1 atom stereocenters. The SMILES string of the molecule is CC1(CO)CCCN(C(=O)c2ccc(Cl)c(F)c2)C1. The molecule has 1 amide bonds. The number of piperidine rings is 1. The molecule has 19 heavy (non-hydrogen) atoms. The molecular weight excluding hydrogens is 269 g/mol. The molecule has 0 spiro atoms. The fraction of sp³-hybridized carbons (Fsp3) is 0.500. The Morgan fingerprint density at radius 2 is 2.32 bits per heavy atom. The predicted molar refractivity (Wildman–Crippen MR) is 71.7 cm³/mol. The number of carbonyl (C=O) groups excluding carboxylic acids is 1. The lowest BCUT2D eigenvalue weighted by Gasteiger charge is -2.39. The van der Waals surface area contributed by atoms with E-state index in [9.17, 15) is 14.3 Å². The van der Waals surface area contributed by atoms with Crippen LogP contribution in [0, 0.1) is 11.2 Å². The number of benzene rings is 1. The standard InChI is InChI=1S/C14H17ClFNO2/c1-14(9-18)5-2-6-17(8-14)13(19)10-3-4-11(15)12(16)7-10/h3-4,7,18H,2,5-6,8-9H2,1H3. The number of likely N-dealkylation sites (tertiary alicyclic amines) is 1. The molecule has 1 aliphatic heterocycles. The monoisotopic (exact) mass is 285 g/mol. The fourth-order valence-corrected chi connectivity index (χ4v) is 2.55. The number of aliphatic hydroxyl groups excluding tert-OH is 1. The molecular formula is C14H17ClFNO2. The van der Waals surface area contributed by atoms with Gasteiger partial charge in [-0.15, -0.1) is 0 Å². The molecule has 1 N–H and O–H groups in total. The summed E-state index contributed by atoms with van der Waals surface area (Å²) in [6.45, 7) is 3.13. The minimum absolute atomic E-state index is 0.00962. The number of rotatable bonds is 2. The van der Waals surface area contributed by atoms with Crippen molar-refractivity contribution in [2.45, 2.75) is 19.8 Å². The van der Waals surface area contributed by atoms with Crippen LogP contribution in [0.1, 0.15) is 30.1 Å². The van der Waals surface area contributed by atoms with Crippen LogP contribution in [0.4, 0.5) is 4.39 Å². The van der Waals surface area contributed by atoms with Crippen molar-refractivity contribution in [2.24, 2.45) is 5.41 Å². The third-order valence-corrected chi connectivity index (χ3v) is 3.92. The third-order valence-electron chi connectivity index (χ3n) is 3.62. The van der Waals surface area contributed by atoms with E-state index in [2.05, 4.69) is 0 Å². The van der Waals surface area contributed by atoms with Crippen LogP contribution in [-0.2, 0) is 0 Å². The van der Waals surface area contributed by atoms with E-state index in [1.807, 2.05) is 6.92 Å². The highest BCUT2D eigenvalue weighted by atomic mass is 35.5. The van der Waals surface area contributed by atoms with Gasteiger partial charge in [-0.1, -0.05) is 18.5 Å². The number of halogens is 2. The third kappa shape index (κ3) is 3.07. The smallest absolute Gasteiger partial charge is 0.253 e. The Balaban J connectivity index is 2.17. The van der Waals surface area contributed by atoms with Crippen molar-refractivity contribution in [2.75, 3.05) is 19.7 Å². The molecule has 5 heteroatoms. The zero-order chi connectivity index (χ0) is 14.0. The Labute approximate surface area is 117 Å². The Morgan fingerprint density at radius 1 is 1.58 bits per heavy atom. The van der Waals surface area contributed by atoms with Crippen molar-refractivity contribution in [3.8, 4) is 0 Å². The fourth-order valence-electron chi connectivity index (χ4n) is 2.43. The lowest BCUT2D eigenvalue weighted by molar-refractivity contribution is 0.0357. The van der Waals surface area contributed by atoms with Crippen LogP contribution < -0.4 is 0 Å². The summed E-state index contributed by atoms with van der Waals surface area (Å²) in [5.41, 5.74) is 0.0305. The minimum Gasteiger partial charge on any atom is -0.396 e. The highest BCUT2D eigenvalue weighted by Crippen LogP contribution is 2.29. The van der Waals surface area contributed by atoms with Gasteiger partial charge >= 0.3 is 0 Å². The van der Waals surface area contributed by atoms with Crippen LogP contribution >= 0.6 is 11.6 Å². The van der Waals surface area contributed by atoms with Crippen LogP contribution in [0.2, 0.25) is 5.02 Å². The van der Waals surface area contributed by atoms with E-state index in [0.717, 1.165) is 18.9 Å². The van der Waals surface area contributed by atoms with E-state index in [0.29, 0.717) is 18.7 Å². The van der Waals surface area contributed by atoms with Crippen molar-refractivity contribution < 1.29 is 14.3 Å². The molecule has 0 radical (unpaired) electrons. The average molecular weight is 286 g/mol. The van der Waals surface area contributed by atoms with E-state index in [1.54, 1.807) is 4.90 Å². The molecule has 0 aliphatic carbocycles. The number of nitrogens with zero attached hydrogens (tertiary/aromatic N) is 1. The maximum atomic E-state index is 13.4. The highest BCUT2D eigenvalue weighted by molar-refractivity contribution is 6.30. The molecule has 1 fully saturated rings. The molecule has 104 valence electrons. The largest absolute Gasteiger partial charge is 0.396 e. The Morgan fingerprint density at radius 3 is 2.95 bits per heavy atom. The number of aliphatic hydroxyl groups is 1. The highest BCUT2D eigenvalue weighted by Gasteiger charge is 2.33. The molecule has 0 bridgehead atoms. The van der Waals surface area contributed by atoms with Gasteiger partial charge in [0.25, 0.3) is 5.91 Å². The van der Waals surface area contributed by atoms with Crippen molar-refractivity contribution in [3.05, 3.63) is 34.6 Å². The van der Waals surface area contributed by atoms with Gasteiger partial charge in [-0.3, -0.25) is 4.79 Å². The number of hydrogen-bond acceptors (Lipinski definition) is 2. The van der Waals surface area contributed by atoms with Crippen LogP contribution in [0.5, 0.6) is 0 Å². The summed E-state index contributed by atoms with van der Waals surface area (Å²) in [4.78, 5) is 14.0. The van der Waals surface area contributed by atoms with E-state index in [1.165, 1.54) is 12.1 Å². The summed E-state index contributed by atoms with van der Waals surface area (Å²) < 4.78 is 13.4.